The summed E-state index contributed by atoms with van der Waals surface area (Å²) in [6.07, 6.45) is 2.97. The molecule has 78 valence electrons. The van der Waals surface area contributed by atoms with Crippen LogP contribution in [0.5, 0.6) is 0 Å². The van der Waals surface area contributed by atoms with Gasteiger partial charge in [-0.15, -0.1) is 0 Å². The summed E-state index contributed by atoms with van der Waals surface area (Å²) < 4.78 is 0. The van der Waals surface area contributed by atoms with Crippen LogP contribution in [0.25, 0.3) is 0 Å². The van der Waals surface area contributed by atoms with E-state index in [0.29, 0.717) is 5.92 Å². The quantitative estimate of drug-likeness (QED) is 0.388. The molecule has 0 aliphatic carbocycles. The second-order valence-electron chi connectivity index (χ2n) is 4.11. The van der Waals surface area contributed by atoms with E-state index in [2.05, 4.69) is 31.2 Å². The zero-order chi connectivity index (χ0) is 10.3. The summed E-state index contributed by atoms with van der Waals surface area (Å²) >= 11 is 0. The van der Waals surface area contributed by atoms with Crippen molar-refractivity contribution < 1.29 is 0 Å². The van der Waals surface area contributed by atoms with Gasteiger partial charge in [-0.05, 0) is 18.3 Å². The summed E-state index contributed by atoms with van der Waals surface area (Å²) in [5, 5.41) is 9.04. The SMILES string of the molecule is CN/C=N\N(C)CC(C)CC(C)C. The zero-order valence-corrected chi connectivity index (χ0v) is 9.54. The van der Waals surface area contributed by atoms with Gasteiger partial charge in [-0.1, -0.05) is 20.8 Å². The Morgan fingerprint density at radius 2 is 2.00 bits per heavy atom. The van der Waals surface area contributed by atoms with Crippen LogP contribution in [0.3, 0.4) is 0 Å². The van der Waals surface area contributed by atoms with Crippen molar-refractivity contribution in [2.75, 3.05) is 20.6 Å². The third-order valence-corrected chi connectivity index (χ3v) is 1.83. The van der Waals surface area contributed by atoms with Gasteiger partial charge in [0.2, 0.25) is 0 Å². The molecule has 0 aliphatic heterocycles. The Morgan fingerprint density at radius 3 is 2.46 bits per heavy atom. The fourth-order valence-electron chi connectivity index (χ4n) is 1.53. The van der Waals surface area contributed by atoms with E-state index >= 15 is 0 Å². The fraction of sp³-hybridized carbons (Fsp3) is 0.900. The minimum atomic E-state index is 0.707. The van der Waals surface area contributed by atoms with Crippen molar-refractivity contribution in [1.82, 2.24) is 10.3 Å². The van der Waals surface area contributed by atoms with Crippen LogP contribution in [0.15, 0.2) is 5.10 Å². The third-order valence-electron chi connectivity index (χ3n) is 1.83. The lowest BCUT2D eigenvalue weighted by Crippen LogP contribution is -2.21. The maximum atomic E-state index is 4.19. The van der Waals surface area contributed by atoms with Crippen molar-refractivity contribution in [2.45, 2.75) is 27.2 Å². The highest BCUT2D eigenvalue weighted by atomic mass is 15.4. The molecule has 0 spiro atoms. The minimum Gasteiger partial charge on any atom is -0.378 e. The van der Waals surface area contributed by atoms with Crippen molar-refractivity contribution in [3.8, 4) is 0 Å². The number of nitrogens with zero attached hydrogens (tertiary/aromatic N) is 2. The van der Waals surface area contributed by atoms with Gasteiger partial charge in [0.15, 0.2) is 0 Å². The van der Waals surface area contributed by atoms with E-state index in [9.17, 15) is 0 Å². The topological polar surface area (TPSA) is 27.6 Å². The first kappa shape index (κ1) is 12.3. The predicted molar refractivity (Wildman–Crippen MR) is 58.8 cm³/mol. The summed E-state index contributed by atoms with van der Waals surface area (Å²) in [5.74, 6) is 1.48. The molecule has 1 N–H and O–H groups in total. The van der Waals surface area contributed by atoms with Gasteiger partial charge < -0.3 is 5.32 Å². The zero-order valence-electron chi connectivity index (χ0n) is 9.54. The van der Waals surface area contributed by atoms with E-state index < -0.39 is 0 Å². The Hall–Kier alpha value is -0.730. The molecule has 0 amide bonds. The van der Waals surface area contributed by atoms with Gasteiger partial charge in [-0.25, -0.2) is 0 Å². The van der Waals surface area contributed by atoms with E-state index in [4.69, 9.17) is 0 Å². The first-order valence-corrected chi connectivity index (χ1v) is 4.97. The molecule has 0 heterocycles. The van der Waals surface area contributed by atoms with Crippen LogP contribution < -0.4 is 5.32 Å². The molecule has 0 saturated heterocycles. The van der Waals surface area contributed by atoms with Gasteiger partial charge in [0.25, 0.3) is 0 Å². The van der Waals surface area contributed by atoms with Gasteiger partial charge in [0.1, 0.15) is 6.34 Å². The average molecular weight is 185 g/mol. The Bertz CT molecular complexity index is 143. The van der Waals surface area contributed by atoms with Crippen molar-refractivity contribution in [2.24, 2.45) is 16.9 Å². The van der Waals surface area contributed by atoms with Crippen LogP contribution in [0.2, 0.25) is 0 Å². The van der Waals surface area contributed by atoms with Crippen LogP contribution in [-0.2, 0) is 0 Å². The molecule has 3 nitrogen and oxygen atoms in total. The molecule has 3 heteroatoms. The van der Waals surface area contributed by atoms with E-state index in [1.54, 1.807) is 6.34 Å². The fourth-order valence-corrected chi connectivity index (χ4v) is 1.53. The molecule has 0 rings (SSSR count). The second-order valence-corrected chi connectivity index (χ2v) is 4.11. The van der Waals surface area contributed by atoms with Crippen LogP contribution in [0.1, 0.15) is 27.2 Å². The molecule has 13 heavy (non-hydrogen) atoms. The lowest BCUT2D eigenvalue weighted by atomic mass is 9.99. The predicted octanol–water partition coefficient (Wildman–Crippen LogP) is 1.76. The first-order valence-electron chi connectivity index (χ1n) is 4.97. The Balaban J connectivity index is 3.64. The van der Waals surface area contributed by atoms with Gasteiger partial charge in [-0.3, -0.25) is 5.01 Å². The highest BCUT2D eigenvalue weighted by molar-refractivity contribution is 5.52. The van der Waals surface area contributed by atoms with Crippen LogP contribution in [-0.4, -0.2) is 32.0 Å². The number of hydrogen-bond donors (Lipinski definition) is 1. The number of nitrogens with one attached hydrogen (secondary N) is 1. The summed E-state index contributed by atoms with van der Waals surface area (Å²) in [4.78, 5) is 0. The summed E-state index contributed by atoms with van der Waals surface area (Å²) in [5.41, 5.74) is 0. The summed E-state index contributed by atoms with van der Waals surface area (Å²) in [7, 11) is 3.86. The summed E-state index contributed by atoms with van der Waals surface area (Å²) in [6.45, 7) is 7.81. The number of rotatable bonds is 6. The minimum absolute atomic E-state index is 0.707. The van der Waals surface area contributed by atoms with Gasteiger partial charge in [0.05, 0.1) is 0 Å². The largest absolute Gasteiger partial charge is 0.378 e. The molecule has 1 unspecified atom stereocenters. The molecule has 0 fully saturated rings. The number of hydrazone groups is 1. The van der Waals surface area contributed by atoms with Crippen molar-refractivity contribution in [3.63, 3.8) is 0 Å². The summed E-state index contributed by atoms with van der Waals surface area (Å²) in [6, 6.07) is 0. The first-order chi connectivity index (χ1) is 6.06. The molecule has 0 aliphatic rings. The molecular formula is C10H23N3. The molecule has 0 radical (unpaired) electrons. The van der Waals surface area contributed by atoms with Crippen LogP contribution in [0, 0.1) is 11.8 Å². The molecule has 0 aromatic heterocycles. The van der Waals surface area contributed by atoms with E-state index in [0.717, 1.165) is 12.5 Å². The molecular weight excluding hydrogens is 162 g/mol. The monoisotopic (exact) mass is 185 g/mol. The maximum absolute atomic E-state index is 4.19. The number of hydrogen-bond acceptors (Lipinski definition) is 2. The Labute approximate surface area is 82.2 Å². The molecule has 1 atom stereocenters. The van der Waals surface area contributed by atoms with Gasteiger partial charge in [0, 0.05) is 20.6 Å². The lowest BCUT2D eigenvalue weighted by molar-refractivity contribution is 0.275. The van der Waals surface area contributed by atoms with Crippen molar-refractivity contribution in [1.29, 1.82) is 0 Å². The molecule has 0 aromatic rings. The standard InChI is InChI=1S/C10H23N3/c1-9(2)6-10(3)7-13(5)12-8-11-4/h8-10H,6-7H2,1-5H3,(H,11,12). The van der Waals surface area contributed by atoms with Gasteiger partial charge >= 0.3 is 0 Å². The van der Waals surface area contributed by atoms with E-state index in [-0.39, 0.29) is 0 Å². The van der Waals surface area contributed by atoms with Crippen LogP contribution in [0.4, 0.5) is 0 Å². The van der Waals surface area contributed by atoms with Crippen molar-refractivity contribution >= 4 is 6.34 Å². The highest BCUT2D eigenvalue weighted by Gasteiger charge is 2.06. The van der Waals surface area contributed by atoms with Gasteiger partial charge in [-0.2, -0.15) is 5.10 Å². The van der Waals surface area contributed by atoms with E-state index in [1.807, 2.05) is 19.1 Å². The molecule has 0 bridgehead atoms. The van der Waals surface area contributed by atoms with Crippen LogP contribution >= 0.6 is 0 Å². The maximum Gasteiger partial charge on any atom is 0.108 e. The third kappa shape index (κ3) is 7.62. The molecule has 0 aromatic carbocycles. The lowest BCUT2D eigenvalue weighted by Gasteiger charge is -2.19. The highest BCUT2D eigenvalue weighted by Crippen LogP contribution is 2.11. The normalized spacial score (nSPS) is 13.7. The smallest absolute Gasteiger partial charge is 0.108 e. The van der Waals surface area contributed by atoms with E-state index in [1.165, 1.54) is 6.42 Å². The molecule has 0 saturated carbocycles. The Morgan fingerprint density at radius 1 is 1.38 bits per heavy atom. The average Bonchev–Trinajstić information content (AvgIpc) is 1.98. The Kier molecular flexibility index (Phi) is 6.37. The van der Waals surface area contributed by atoms with Crippen molar-refractivity contribution in [3.05, 3.63) is 0 Å². The second kappa shape index (κ2) is 6.75.